The molecule has 2 atom stereocenters. The van der Waals surface area contributed by atoms with Crippen LogP contribution in [0.15, 0.2) is 47.4 Å². The Morgan fingerprint density at radius 1 is 1.00 bits per heavy atom. The standard InChI is InChI=1S/C26H27N5O8S/c32-22-8-7-21(23(33)29-22)31-24(34)19-6-1-15(13-20(19)25(31)35)14-27-26(36)28-16-2-4-18(5-3-16)40(37,38)30-17-9-11-39-12-10-17/h1-6,13,17,21H,7-12,14H2,(H4-,27,28,29,30,32,33,36,37,38). The topological polar surface area (TPSA) is 186 Å². The van der Waals surface area contributed by atoms with Gasteiger partial charge in [-0.25, -0.2) is 4.79 Å². The lowest BCUT2D eigenvalue weighted by molar-refractivity contribution is -0.136. The number of rotatable bonds is 7. The molecule has 13 nitrogen and oxygen atoms in total. The minimum absolute atomic E-state index is 0.0276. The lowest BCUT2D eigenvalue weighted by Crippen LogP contribution is -2.54. The summed E-state index contributed by atoms with van der Waals surface area (Å²) in [4.78, 5) is 62.8. The number of benzene rings is 2. The summed E-state index contributed by atoms with van der Waals surface area (Å²) in [5.74, 6) is -2.39. The van der Waals surface area contributed by atoms with Crippen molar-refractivity contribution in [3.05, 3.63) is 59.2 Å². The molecule has 2 saturated heterocycles. The Morgan fingerprint density at radius 3 is 2.40 bits per heavy atom. The van der Waals surface area contributed by atoms with E-state index in [0.29, 0.717) is 37.3 Å². The first kappa shape index (κ1) is 27.6. The van der Waals surface area contributed by atoms with Gasteiger partial charge in [-0.3, -0.25) is 29.4 Å². The van der Waals surface area contributed by atoms with Gasteiger partial charge < -0.3 is 19.9 Å². The van der Waals surface area contributed by atoms with Crippen LogP contribution >= 0.6 is 0 Å². The second-order valence-corrected chi connectivity index (χ2v) is 11.4. The lowest BCUT2D eigenvalue weighted by atomic mass is 10.0. The predicted octanol–water partition coefficient (Wildman–Crippen LogP) is 1.08. The molecule has 0 aromatic heterocycles. The molecular formula is C26H27N5O8S. The van der Waals surface area contributed by atoms with Gasteiger partial charge in [0.15, 0.2) is 15.3 Å². The van der Waals surface area contributed by atoms with Gasteiger partial charge in [-0.2, -0.15) is 0 Å². The van der Waals surface area contributed by atoms with Gasteiger partial charge in [-0.1, -0.05) is 10.3 Å². The molecule has 5 rings (SSSR count). The molecule has 2 unspecified atom stereocenters. The van der Waals surface area contributed by atoms with E-state index in [1.165, 1.54) is 36.4 Å². The SMILES string of the molecule is O=C1CCC(N2C(=O)c3ccc(CNC(=O)Nc4ccc([S+](=O)([O-])NC5CCOCC5)cc4)cc3C2=O)C(=O)N1. The van der Waals surface area contributed by atoms with Crippen molar-refractivity contribution in [2.75, 3.05) is 18.5 Å². The molecule has 210 valence electrons. The van der Waals surface area contributed by atoms with E-state index in [2.05, 4.69) is 20.7 Å². The fourth-order valence-electron chi connectivity index (χ4n) is 4.81. The van der Waals surface area contributed by atoms with Crippen molar-refractivity contribution in [2.24, 2.45) is 0 Å². The van der Waals surface area contributed by atoms with Crippen LogP contribution < -0.4 is 20.7 Å². The van der Waals surface area contributed by atoms with Crippen LogP contribution in [0, 0.1) is 0 Å². The smallest absolute Gasteiger partial charge is 0.319 e. The second kappa shape index (κ2) is 11.3. The summed E-state index contributed by atoms with van der Waals surface area (Å²) in [5.41, 5.74) is 1.17. The highest BCUT2D eigenvalue weighted by molar-refractivity contribution is 7.95. The van der Waals surface area contributed by atoms with Gasteiger partial charge in [0, 0.05) is 31.9 Å². The van der Waals surface area contributed by atoms with Crippen molar-refractivity contribution >= 4 is 45.7 Å². The molecule has 14 heteroatoms. The zero-order valence-corrected chi connectivity index (χ0v) is 22.1. The van der Waals surface area contributed by atoms with Crippen molar-refractivity contribution in [1.29, 1.82) is 0 Å². The van der Waals surface area contributed by atoms with E-state index in [0.717, 1.165) is 4.90 Å². The Bertz CT molecular complexity index is 1420. The number of amides is 6. The van der Waals surface area contributed by atoms with Crippen LogP contribution in [0.3, 0.4) is 0 Å². The third-order valence-corrected chi connectivity index (χ3v) is 8.46. The molecule has 4 N–H and O–H groups in total. The minimum Gasteiger partial charge on any atom is -0.593 e. The van der Waals surface area contributed by atoms with Crippen LogP contribution in [0.4, 0.5) is 10.5 Å². The number of sulfonamides is 1. The number of piperidine rings is 1. The third kappa shape index (κ3) is 5.79. The molecule has 40 heavy (non-hydrogen) atoms. The van der Waals surface area contributed by atoms with Gasteiger partial charge in [0.1, 0.15) is 6.04 Å². The van der Waals surface area contributed by atoms with Gasteiger partial charge in [0.2, 0.25) is 11.8 Å². The number of anilines is 1. The Labute approximate surface area is 230 Å². The number of imide groups is 2. The number of carbonyl (C=O) groups is 5. The largest absolute Gasteiger partial charge is 0.593 e. The maximum Gasteiger partial charge on any atom is 0.319 e. The first-order valence-electron chi connectivity index (χ1n) is 12.7. The molecule has 3 aliphatic heterocycles. The normalized spacial score (nSPS) is 21.0. The summed E-state index contributed by atoms with van der Waals surface area (Å²) < 4.78 is 33.2. The van der Waals surface area contributed by atoms with Gasteiger partial charge >= 0.3 is 6.03 Å². The molecule has 0 saturated carbocycles. The summed E-state index contributed by atoms with van der Waals surface area (Å²) in [6.07, 6.45) is 1.29. The summed E-state index contributed by atoms with van der Waals surface area (Å²) in [7, 11) is -3.71. The van der Waals surface area contributed by atoms with E-state index in [-0.39, 0.29) is 41.5 Å². The Balaban J connectivity index is 1.16. The van der Waals surface area contributed by atoms with Crippen LogP contribution in [-0.4, -0.2) is 64.4 Å². The van der Waals surface area contributed by atoms with Crippen LogP contribution in [-0.2, 0) is 35.5 Å². The first-order valence-corrected chi connectivity index (χ1v) is 14.2. The summed E-state index contributed by atoms with van der Waals surface area (Å²) in [6.45, 7) is 1.04. The molecule has 2 fully saturated rings. The maximum atomic E-state index is 13.0. The molecule has 6 amide bonds. The molecule has 0 bridgehead atoms. The molecule has 3 aliphatic rings. The molecule has 0 radical (unpaired) electrons. The van der Waals surface area contributed by atoms with E-state index in [1.807, 2.05) is 0 Å². The van der Waals surface area contributed by atoms with Crippen LogP contribution in [0.2, 0.25) is 0 Å². The summed E-state index contributed by atoms with van der Waals surface area (Å²) >= 11 is 0. The Hall–Kier alpha value is -3.98. The number of urea groups is 1. The van der Waals surface area contributed by atoms with Crippen molar-refractivity contribution < 1.29 is 37.5 Å². The lowest BCUT2D eigenvalue weighted by Gasteiger charge is -2.27. The third-order valence-electron chi connectivity index (χ3n) is 6.92. The van der Waals surface area contributed by atoms with Gasteiger partial charge in [0.05, 0.1) is 17.2 Å². The van der Waals surface area contributed by atoms with E-state index in [1.54, 1.807) is 6.07 Å². The van der Waals surface area contributed by atoms with Crippen molar-refractivity contribution in [3.63, 3.8) is 0 Å². The van der Waals surface area contributed by atoms with Crippen molar-refractivity contribution in [2.45, 2.75) is 49.2 Å². The maximum absolute atomic E-state index is 13.0. The van der Waals surface area contributed by atoms with Crippen LogP contribution in [0.25, 0.3) is 0 Å². The quantitative estimate of drug-likeness (QED) is 0.282. The molecule has 0 aliphatic carbocycles. The van der Waals surface area contributed by atoms with Gasteiger partial charge in [-0.15, -0.1) is 4.72 Å². The highest BCUT2D eigenvalue weighted by Crippen LogP contribution is 2.28. The van der Waals surface area contributed by atoms with E-state index in [9.17, 15) is 32.7 Å². The minimum atomic E-state index is -3.71. The highest BCUT2D eigenvalue weighted by atomic mass is 32.3. The number of nitrogens with one attached hydrogen (secondary N) is 4. The van der Waals surface area contributed by atoms with Crippen molar-refractivity contribution in [1.82, 2.24) is 20.3 Å². The molecular weight excluding hydrogens is 542 g/mol. The number of carbonyl (C=O) groups excluding carboxylic acids is 5. The van der Waals surface area contributed by atoms with E-state index < -0.39 is 46.1 Å². The molecule has 2 aromatic rings. The molecule has 2 aromatic carbocycles. The van der Waals surface area contributed by atoms with Crippen LogP contribution in [0.5, 0.6) is 0 Å². The Morgan fingerprint density at radius 2 is 1.70 bits per heavy atom. The zero-order chi connectivity index (χ0) is 28.4. The van der Waals surface area contributed by atoms with Crippen molar-refractivity contribution in [3.8, 4) is 0 Å². The number of hydrogen-bond acceptors (Lipinski definition) is 8. The predicted molar refractivity (Wildman–Crippen MR) is 139 cm³/mol. The Kier molecular flexibility index (Phi) is 7.76. The zero-order valence-electron chi connectivity index (χ0n) is 21.3. The number of fused-ring (bicyclic) bond motifs is 1. The number of hydrogen-bond donors (Lipinski definition) is 4. The van der Waals surface area contributed by atoms with Gasteiger partial charge in [-0.05, 0) is 61.2 Å². The summed E-state index contributed by atoms with van der Waals surface area (Å²) in [5, 5.41) is 7.41. The van der Waals surface area contributed by atoms with E-state index in [4.69, 9.17) is 4.74 Å². The van der Waals surface area contributed by atoms with Crippen LogP contribution in [0.1, 0.15) is 52.0 Å². The molecule has 3 heterocycles. The first-order chi connectivity index (χ1) is 19.1. The van der Waals surface area contributed by atoms with E-state index >= 15 is 0 Å². The average Bonchev–Trinajstić information content (AvgIpc) is 3.17. The second-order valence-electron chi connectivity index (χ2n) is 9.67. The molecule has 0 spiro atoms. The fraction of sp³-hybridized carbons (Fsp3) is 0.346. The number of nitrogens with zero attached hydrogens (tertiary/aromatic N) is 1. The average molecular weight is 570 g/mol. The fourth-order valence-corrected chi connectivity index (χ4v) is 6.11. The monoisotopic (exact) mass is 569 g/mol. The van der Waals surface area contributed by atoms with Gasteiger partial charge in [0.25, 0.3) is 11.8 Å². The summed E-state index contributed by atoms with van der Waals surface area (Å²) in [6, 6.07) is 8.46. The highest BCUT2D eigenvalue weighted by Gasteiger charge is 2.44. The number of ether oxygens (including phenoxy) is 1.